The summed E-state index contributed by atoms with van der Waals surface area (Å²) in [7, 11) is -4.00. The molecule has 6 aliphatic rings. The van der Waals surface area contributed by atoms with Gasteiger partial charge in [0, 0.05) is 23.8 Å². The molecule has 0 aromatic heterocycles. The van der Waals surface area contributed by atoms with Gasteiger partial charge in [-0.2, -0.15) is 13.2 Å². The molecule has 4 unspecified atom stereocenters. The van der Waals surface area contributed by atoms with Crippen molar-refractivity contribution in [2.75, 3.05) is 13.1 Å². The molecule has 7 nitrogen and oxygen atoms in total. The number of amides is 1. The molecule has 2 aliphatic heterocycles. The Morgan fingerprint density at radius 1 is 1.08 bits per heavy atom. The van der Waals surface area contributed by atoms with Crippen molar-refractivity contribution in [2.45, 2.75) is 85.6 Å². The van der Waals surface area contributed by atoms with E-state index in [2.05, 4.69) is 15.0 Å². The number of carbonyl (C=O) groups excluding carboxylic acids is 1. The van der Waals surface area contributed by atoms with Gasteiger partial charge in [0.15, 0.2) is 0 Å². The van der Waals surface area contributed by atoms with Crippen molar-refractivity contribution in [3.05, 3.63) is 29.8 Å². The SMILES string of the molecule is O=C(CNC12CC3CC(C1)CC(NS(=O)(=O)c1ccc(C(F)(F)F)cc1)(C3)C2)N1CCCC1C1C=N1. The van der Waals surface area contributed by atoms with Gasteiger partial charge >= 0.3 is 6.18 Å². The lowest BCUT2D eigenvalue weighted by molar-refractivity contribution is -0.137. The molecule has 4 bridgehead atoms. The first-order valence-electron chi connectivity index (χ1n) is 12.8. The van der Waals surface area contributed by atoms with Crippen molar-refractivity contribution >= 4 is 22.1 Å². The molecule has 0 radical (unpaired) electrons. The zero-order valence-electron chi connectivity index (χ0n) is 19.9. The molecule has 5 fully saturated rings. The Hall–Kier alpha value is -1.98. The minimum absolute atomic E-state index is 0.0723. The minimum Gasteiger partial charge on any atom is -0.336 e. The molecule has 4 saturated carbocycles. The van der Waals surface area contributed by atoms with Crippen LogP contribution in [-0.4, -0.2) is 61.7 Å². The molecule has 0 spiro atoms. The Bertz CT molecular complexity index is 1160. The third kappa shape index (κ3) is 4.47. The zero-order chi connectivity index (χ0) is 25.3. The fourth-order valence-electron chi connectivity index (χ4n) is 7.83. The average molecular weight is 525 g/mol. The van der Waals surface area contributed by atoms with Crippen LogP contribution in [0.2, 0.25) is 0 Å². The van der Waals surface area contributed by atoms with Gasteiger partial charge in [0.2, 0.25) is 15.9 Å². The number of likely N-dealkylation sites (tertiary alicyclic amines) is 1. The number of aliphatic imine (C=N–C) groups is 1. The first kappa shape index (κ1) is 24.4. The summed E-state index contributed by atoms with van der Waals surface area (Å²) in [5, 5.41) is 3.57. The van der Waals surface area contributed by atoms with Crippen molar-refractivity contribution < 1.29 is 26.4 Å². The number of sulfonamides is 1. The van der Waals surface area contributed by atoms with Gasteiger partial charge in [0.05, 0.1) is 23.0 Å². The normalized spacial score (nSPS) is 37.0. The molecule has 1 amide bonds. The van der Waals surface area contributed by atoms with Gasteiger partial charge in [-0.15, -0.1) is 0 Å². The molecule has 4 aliphatic carbocycles. The van der Waals surface area contributed by atoms with Gasteiger partial charge in [0.25, 0.3) is 0 Å². The van der Waals surface area contributed by atoms with Gasteiger partial charge in [-0.05, 0) is 87.5 Å². The number of hydrogen-bond acceptors (Lipinski definition) is 5. The Balaban J connectivity index is 1.16. The molecule has 4 atom stereocenters. The highest BCUT2D eigenvalue weighted by Crippen LogP contribution is 2.57. The van der Waals surface area contributed by atoms with E-state index in [9.17, 15) is 26.4 Å². The maximum Gasteiger partial charge on any atom is 0.416 e. The molecular formula is C25H31F3N4O3S. The van der Waals surface area contributed by atoms with Crippen LogP contribution < -0.4 is 10.0 Å². The van der Waals surface area contributed by atoms with Crippen molar-refractivity contribution in [1.82, 2.24) is 14.9 Å². The van der Waals surface area contributed by atoms with E-state index in [4.69, 9.17) is 0 Å². The lowest BCUT2D eigenvalue weighted by Gasteiger charge is -2.62. The largest absolute Gasteiger partial charge is 0.416 e. The lowest BCUT2D eigenvalue weighted by atomic mass is 9.50. The number of carbonyl (C=O) groups is 1. The van der Waals surface area contributed by atoms with Crippen LogP contribution in [0, 0.1) is 11.8 Å². The second kappa shape index (κ2) is 8.26. The number of hydrogen-bond donors (Lipinski definition) is 2. The molecule has 2 N–H and O–H groups in total. The molecule has 196 valence electrons. The standard InChI is InChI=1S/C25H31F3N4O3S/c26-25(27,28)18-3-5-19(6-4-18)36(34,35)31-24-11-16-8-17(12-24)10-23(9-16,15-24)30-14-22(33)32-7-1-2-21(32)20-13-29-20/h3-6,13,16-17,20-21,30-31H,1-2,7-12,14-15H2. The van der Waals surface area contributed by atoms with Gasteiger partial charge in [-0.1, -0.05) is 0 Å². The fourth-order valence-corrected chi connectivity index (χ4v) is 9.25. The smallest absolute Gasteiger partial charge is 0.336 e. The van der Waals surface area contributed by atoms with Crippen LogP contribution in [0.25, 0.3) is 0 Å². The highest BCUT2D eigenvalue weighted by Gasteiger charge is 2.59. The van der Waals surface area contributed by atoms with Crippen LogP contribution in [0.5, 0.6) is 0 Å². The van der Waals surface area contributed by atoms with E-state index >= 15 is 0 Å². The van der Waals surface area contributed by atoms with Crippen LogP contribution in [0.1, 0.15) is 56.9 Å². The average Bonchev–Trinajstić information content (AvgIpc) is 3.51. The molecule has 2 heterocycles. The second-order valence-electron chi connectivity index (χ2n) is 11.6. The number of halogens is 3. The maximum atomic E-state index is 13.2. The number of nitrogens with one attached hydrogen (secondary N) is 2. The number of alkyl halides is 3. The van der Waals surface area contributed by atoms with Crippen molar-refractivity contribution in [3.63, 3.8) is 0 Å². The Morgan fingerprint density at radius 2 is 1.72 bits per heavy atom. The van der Waals surface area contributed by atoms with Crippen LogP contribution in [0.3, 0.4) is 0 Å². The molecular weight excluding hydrogens is 493 g/mol. The summed E-state index contributed by atoms with van der Waals surface area (Å²) < 4.78 is 68.2. The number of nitrogens with zero attached hydrogens (tertiary/aromatic N) is 2. The Labute approximate surface area is 209 Å². The van der Waals surface area contributed by atoms with E-state index in [1.54, 1.807) is 0 Å². The monoisotopic (exact) mass is 524 g/mol. The van der Waals surface area contributed by atoms with E-state index in [0.717, 1.165) is 62.9 Å². The summed E-state index contributed by atoms with van der Waals surface area (Å²) in [6.07, 6.45) is 4.22. The highest BCUT2D eigenvalue weighted by molar-refractivity contribution is 7.89. The third-order valence-corrected chi connectivity index (χ3v) is 10.4. The van der Waals surface area contributed by atoms with Crippen LogP contribution in [-0.2, 0) is 21.0 Å². The first-order chi connectivity index (χ1) is 17.0. The van der Waals surface area contributed by atoms with E-state index < -0.39 is 27.3 Å². The van der Waals surface area contributed by atoms with E-state index in [-0.39, 0.29) is 35.0 Å². The third-order valence-electron chi connectivity index (χ3n) is 8.85. The molecule has 1 aromatic rings. The van der Waals surface area contributed by atoms with Crippen LogP contribution in [0.4, 0.5) is 13.2 Å². The van der Waals surface area contributed by atoms with Crippen LogP contribution in [0.15, 0.2) is 34.2 Å². The number of benzene rings is 1. The van der Waals surface area contributed by atoms with Crippen LogP contribution >= 0.6 is 0 Å². The lowest BCUT2D eigenvalue weighted by Crippen LogP contribution is -2.69. The molecule has 11 heteroatoms. The van der Waals surface area contributed by atoms with Gasteiger partial charge < -0.3 is 10.2 Å². The topological polar surface area (TPSA) is 90.9 Å². The Kier molecular flexibility index (Phi) is 5.59. The quantitative estimate of drug-likeness (QED) is 0.574. The van der Waals surface area contributed by atoms with Gasteiger partial charge in [-0.3, -0.25) is 9.79 Å². The van der Waals surface area contributed by atoms with E-state index in [0.29, 0.717) is 31.1 Å². The number of rotatable bonds is 7. The summed E-state index contributed by atoms with van der Waals surface area (Å²) in [4.78, 5) is 19.1. The minimum atomic E-state index is -4.52. The summed E-state index contributed by atoms with van der Waals surface area (Å²) in [6, 6.07) is 3.99. The molecule has 1 aromatic carbocycles. The zero-order valence-corrected chi connectivity index (χ0v) is 20.7. The summed E-state index contributed by atoms with van der Waals surface area (Å²) in [5.41, 5.74) is -1.84. The highest BCUT2D eigenvalue weighted by atomic mass is 32.2. The molecule has 36 heavy (non-hydrogen) atoms. The molecule has 1 saturated heterocycles. The predicted octanol–water partition coefficient (Wildman–Crippen LogP) is 3.11. The predicted molar refractivity (Wildman–Crippen MR) is 127 cm³/mol. The Morgan fingerprint density at radius 3 is 2.33 bits per heavy atom. The first-order valence-corrected chi connectivity index (χ1v) is 14.2. The van der Waals surface area contributed by atoms with Crippen molar-refractivity contribution in [1.29, 1.82) is 0 Å². The molecule has 7 rings (SSSR count). The van der Waals surface area contributed by atoms with Gasteiger partial charge in [0.1, 0.15) is 6.04 Å². The van der Waals surface area contributed by atoms with E-state index in [1.807, 2.05) is 11.1 Å². The summed E-state index contributed by atoms with van der Waals surface area (Å²) in [5.74, 6) is 0.773. The second-order valence-corrected chi connectivity index (χ2v) is 13.3. The maximum absolute atomic E-state index is 13.2. The summed E-state index contributed by atoms with van der Waals surface area (Å²) >= 11 is 0. The van der Waals surface area contributed by atoms with Crippen molar-refractivity contribution in [3.8, 4) is 0 Å². The summed E-state index contributed by atoms with van der Waals surface area (Å²) in [6.45, 7) is 0.977. The van der Waals surface area contributed by atoms with Gasteiger partial charge in [-0.25, -0.2) is 13.1 Å². The van der Waals surface area contributed by atoms with Crippen molar-refractivity contribution in [2.24, 2.45) is 16.8 Å². The van der Waals surface area contributed by atoms with E-state index in [1.165, 1.54) is 0 Å². The fraction of sp³-hybridized carbons (Fsp3) is 0.680.